The van der Waals surface area contributed by atoms with E-state index >= 15 is 0 Å². The summed E-state index contributed by atoms with van der Waals surface area (Å²) < 4.78 is 33.1. The zero-order chi connectivity index (χ0) is 24.0. The average molecular weight is 467 g/mol. The van der Waals surface area contributed by atoms with E-state index in [-0.39, 0.29) is 22.6 Å². The summed E-state index contributed by atoms with van der Waals surface area (Å²) in [5.74, 6) is -0.903. The Hall–Kier alpha value is -3.65. The molecule has 0 heterocycles. The second kappa shape index (κ2) is 10.3. The maximum Gasteiger partial charge on any atom is 0.307 e. The van der Waals surface area contributed by atoms with Gasteiger partial charge in [0.1, 0.15) is 0 Å². The number of carbonyl (C=O) groups is 2. The van der Waals surface area contributed by atoms with Gasteiger partial charge in [0.05, 0.1) is 24.5 Å². The van der Waals surface area contributed by atoms with Gasteiger partial charge in [-0.15, -0.1) is 0 Å². The molecule has 0 fully saturated rings. The minimum absolute atomic E-state index is 0.0365. The lowest BCUT2D eigenvalue weighted by molar-refractivity contribution is -0.141. The fourth-order valence-corrected chi connectivity index (χ4v) is 4.74. The van der Waals surface area contributed by atoms with E-state index in [4.69, 9.17) is 4.74 Å². The molecule has 0 aliphatic heterocycles. The van der Waals surface area contributed by atoms with Crippen LogP contribution in [-0.2, 0) is 19.6 Å². The number of hydrogen-bond donors (Lipinski definition) is 2. The topological polar surface area (TPSA) is 102 Å². The second-order valence-corrected chi connectivity index (χ2v) is 9.32. The van der Waals surface area contributed by atoms with Crippen molar-refractivity contribution < 1.29 is 22.7 Å². The molecule has 3 aromatic carbocycles. The van der Waals surface area contributed by atoms with Crippen LogP contribution in [0.25, 0.3) is 0 Å². The first kappa shape index (κ1) is 24.0. The molecule has 0 radical (unpaired) electrons. The summed E-state index contributed by atoms with van der Waals surface area (Å²) in [5, 5.41) is 2.84. The maximum absolute atomic E-state index is 12.9. The van der Waals surface area contributed by atoms with Crippen LogP contribution in [0, 0.1) is 13.8 Å². The quantitative estimate of drug-likeness (QED) is 0.486. The highest BCUT2D eigenvalue weighted by Crippen LogP contribution is 2.22. The molecule has 0 aromatic heterocycles. The van der Waals surface area contributed by atoms with E-state index in [1.165, 1.54) is 13.2 Å². The third kappa shape index (κ3) is 6.20. The van der Waals surface area contributed by atoms with Crippen LogP contribution < -0.4 is 10.0 Å². The van der Waals surface area contributed by atoms with Gasteiger partial charge in [-0.1, -0.05) is 48.5 Å². The van der Waals surface area contributed by atoms with Crippen molar-refractivity contribution in [1.29, 1.82) is 0 Å². The molecule has 8 heteroatoms. The molecule has 3 rings (SSSR count). The highest BCUT2D eigenvalue weighted by atomic mass is 32.2. The van der Waals surface area contributed by atoms with E-state index in [9.17, 15) is 18.0 Å². The Balaban J connectivity index is 1.82. The van der Waals surface area contributed by atoms with E-state index in [0.29, 0.717) is 5.56 Å². The SMILES string of the molecule is COC(=O)CC(NC(=O)c1cccc(NS(=O)(=O)c2cc(C)ccc2C)c1)c1ccccc1. The number of carbonyl (C=O) groups excluding carboxylic acids is 2. The largest absolute Gasteiger partial charge is 0.469 e. The van der Waals surface area contributed by atoms with Gasteiger partial charge in [-0.25, -0.2) is 8.42 Å². The summed E-state index contributed by atoms with van der Waals surface area (Å²) in [7, 11) is -2.55. The summed E-state index contributed by atoms with van der Waals surface area (Å²) in [4.78, 5) is 25.0. The maximum atomic E-state index is 12.9. The van der Waals surface area contributed by atoms with Crippen LogP contribution in [-0.4, -0.2) is 27.4 Å². The van der Waals surface area contributed by atoms with Crippen molar-refractivity contribution in [3.63, 3.8) is 0 Å². The number of ether oxygens (including phenoxy) is 1. The molecule has 0 saturated heterocycles. The van der Waals surface area contributed by atoms with E-state index < -0.39 is 27.9 Å². The van der Waals surface area contributed by atoms with E-state index in [1.54, 1.807) is 37.3 Å². The van der Waals surface area contributed by atoms with Gasteiger partial charge in [-0.3, -0.25) is 14.3 Å². The third-order valence-corrected chi connectivity index (χ3v) is 6.64. The van der Waals surface area contributed by atoms with E-state index in [0.717, 1.165) is 11.1 Å². The number of methoxy groups -OCH3 is 1. The lowest BCUT2D eigenvalue weighted by atomic mass is 10.0. The number of hydrogen-bond acceptors (Lipinski definition) is 5. The standard InChI is InChI=1S/C25H26N2O5S/c1-17-12-13-18(2)23(14-17)33(30,31)27-21-11-7-10-20(15-21)25(29)26-22(16-24(28)32-3)19-8-5-4-6-9-19/h4-15,22,27H,16H2,1-3H3,(H,26,29). The number of amides is 1. The predicted octanol–water partition coefficient (Wildman–Crippen LogP) is 4.14. The molecule has 2 N–H and O–H groups in total. The lowest BCUT2D eigenvalue weighted by Gasteiger charge is -2.18. The van der Waals surface area contributed by atoms with E-state index in [1.807, 2.05) is 43.3 Å². The number of rotatable bonds is 8. The lowest BCUT2D eigenvalue weighted by Crippen LogP contribution is -2.30. The minimum atomic E-state index is -3.84. The Morgan fingerprint density at radius 2 is 1.67 bits per heavy atom. The summed E-state index contributed by atoms with van der Waals surface area (Å²) in [6, 6.07) is 19.9. The van der Waals surface area contributed by atoms with Gasteiger partial charge in [-0.2, -0.15) is 0 Å². The molecule has 1 unspecified atom stereocenters. The van der Waals surface area contributed by atoms with E-state index in [2.05, 4.69) is 10.0 Å². The Morgan fingerprint density at radius 3 is 2.36 bits per heavy atom. The first-order chi connectivity index (χ1) is 15.7. The summed E-state index contributed by atoms with van der Waals surface area (Å²) in [5.41, 5.74) is 2.71. The van der Waals surface area contributed by atoms with Crippen LogP contribution in [0.4, 0.5) is 5.69 Å². The van der Waals surface area contributed by atoms with Crippen LogP contribution in [0.2, 0.25) is 0 Å². The van der Waals surface area contributed by atoms with Crippen LogP contribution in [0.1, 0.15) is 39.5 Å². The number of anilines is 1. The van der Waals surface area contributed by atoms with Gasteiger partial charge in [-0.05, 0) is 54.8 Å². The van der Waals surface area contributed by atoms with Crippen molar-refractivity contribution in [2.45, 2.75) is 31.2 Å². The van der Waals surface area contributed by atoms with Crippen LogP contribution in [0.15, 0.2) is 77.7 Å². The normalized spacial score (nSPS) is 12.0. The Labute approximate surface area is 193 Å². The molecule has 0 bridgehead atoms. The zero-order valence-corrected chi connectivity index (χ0v) is 19.5. The number of nitrogens with one attached hydrogen (secondary N) is 2. The summed E-state index contributed by atoms with van der Waals surface area (Å²) in [6.45, 7) is 3.55. The van der Waals surface area contributed by atoms with Crippen LogP contribution in [0.3, 0.4) is 0 Å². The Morgan fingerprint density at radius 1 is 0.939 bits per heavy atom. The fraction of sp³-hybridized carbons (Fsp3) is 0.200. The van der Waals surface area contributed by atoms with Crippen molar-refractivity contribution in [3.8, 4) is 0 Å². The number of benzene rings is 3. The molecule has 1 atom stereocenters. The van der Waals surface area contributed by atoms with Crippen molar-refractivity contribution in [1.82, 2.24) is 5.32 Å². The number of aryl methyl sites for hydroxylation is 2. The predicted molar refractivity (Wildman–Crippen MR) is 126 cm³/mol. The van der Waals surface area contributed by atoms with Gasteiger partial charge in [0.2, 0.25) is 0 Å². The first-order valence-electron chi connectivity index (χ1n) is 10.3. The molecule has 0 aliphatic rings. The fourth-order valence-electron chi connectivity index (χ4n) is 3.36. The van der Waals surface area contributed by atoms with Crippen LogP contribution in [0.5, 0.6) is 0 Å². The molecular formula is C25H26N2O5S. The Kier molecular flexibility index (Phi) is 7.50. The molecule has 1 amide bonds. The van der Waals surface area contributed by atoms with Crippen molar-refractivity contribution in [2.24, 2.45) is 0 Å². The summed E-state index contributed by atoms with van der Waals surface area (Å²) >= 11 is 0. The van der Waals surface area contributed by atoms with Crippen molar-refractivity contribution >= 4 is 27.6 Å². The minimum Gasteiger partial charge on any atom is -0.469 e. The smallest absolute Gasteiger partial charge is 0.307 e. The average Bonchev–Trinajstić information content (AvgIpc) is 2.80. The number of sulfonamides is 1. The van der Waals surface area contributed by atoms with Crippen LogP contribution >= 0.6 is 0 Å². The van der Waals surface area contributed by atoms with Gasteiger partial charge in [0, 0.05) is 11.3 Å². The van der Waals surface area contributed by atoms with Gasteiger partial charge in [0.25, 0.3) is 15.9 Å². The molecule has 0 aliphatic carbocycles. The summed E-state index contributed by atoms with van der Waals surface area (Å²) in [6.07, 6.45) is -0.0365. The molecule has 33 heavy (non-hydrogen) atoms. The van der Waals surface area contributed by atoms with Gasteiger partial charge >= 0.3 is 5.97 Å². The van der Waals surface area contributed by atoms with Gasteiger partial charge < -0.3 is 10.1 Å². The third-order valence-electron chi connectivity index (χ3n) is 5.12. The monoisotopic (exact) mass is 466 g/mol. The number of esters is 1. The Bertz CT molecular complexity index is 1260. The van der Waals surface area contributed by atoms with Crippen molar-refractivity contribution in [3.05, 3.63) is 95.1 Å². The molecule has 3 aromatic rings. The van der Waals surface area contributed by atoms with Crippen molar-refractivity contribution in [2.75, 3.05) is 11.8 Å². The molecule has 0 saturated carbocycles. The first-order valence-corrected chi connectivity index (χ1v) is 11.8. The van der Waals surface area contributed by atoms with Gasteiger partial charge in [0.15, 0.2) is 0 Å². The molecule has 7 nitrogen and oxygen atoms in total. The highest BCUT2D eigenvalue weighted by molar-refractivity contribution is 7.92. The highest BCUT2D eigenvalue weighted by Gasteiger charge is 2.21. The second-order valence-electron chi connectivity index (χ2n) is 7.67. The molecular weight excluding hydrogens is 440 g/mol. The zero-order valence-electron chi connectivity index (χ0n) is 18.7. The molecule has 172 valence electrons. The molecule has 0 spiro atoms.